The Labute approximate surface area is 347 Å². The van der Waals surface area contributed by atoms with Crippen LogP contribution in [0.4, 0.5) is 26.3 Å². The van der Waals surface area contributed by atoms with E-state index in [0.29, 0.717) is 22.4 Å². The lowest BCUT2D eigenvalue weighted by Gasteiger charge is -2.17. The number of aryl methyl sites for hydroxylation is 3. The molecule has 11 nitrogen and oxygen atoms in total. The molecule has 0 aliphatic rings. The maximum Gasteiger partial charge on any atom is 0.387 e. The normalized spacial score (nSPS) is 11.8. The summed E-state index contributed by atoms with van der Waals surface area (Å²) in [5, 5.41) is 10.5. The van der Waals surface area contributed by atoms with Gasteiger partial charge in [0.2, 0.25) is 0 Å². The van der Waals surface area contributed by atoms with Gasteiger partial charge >= 0.3 is 13.2 Å². The molecule has 0 spiro atoms. The minimum atomic E-state index is -3.03. The van der Waals surface area contributed by atoms with Crippen molar-refractivity contribution in [3.05, 3.63) is 137 Å². The predicted octanol–water partition coefficient (Wildman–Crippen LogP) is 8.63. The molecule has 0 saturated carbocycles. The van der Waals surface area contributed by atoms with Crippen LogP contribution in [0.15, 0.2) is 80.9 Å². The molecule has 0 saturated heterocycles. The Bertz CT molecular complexity index is 2880. The number of rotatable bonds is 10. The number of ether oxygens (including phenoxy) is 2. The summed E-state index contributed by atoms with van der Waals surface area (Å²) in [6.45, 7) is 2.30. The fourth-order valence-electron chi connectivity index (χ4n) is 6.83. The quantitative estimate of drug-likeness (QED) is 0.137. The molecule has 0 atom stereocenters. The third-order valence-electron chi connectivity index (χ3n) is 9.80. The second kappa shape index (κ2) is 17.0. The van der Waals surface area contributed by atoms with Crippen molar-refractivity contribution in [1.82, 2.24) is 28.7 Å². The van der Waals surface area contributed by atoms with Gasteiger partial charge in [-0.15, -0.1) is 0 Å². The van der Waals surface area contributed by atoms with E-state index in [1.807, 2.05) is 0 Å². The van der Waals surface area contributed by atoms with Crippen LogP contribution in [0.25, 0.3) is 32.9 Å². The van der Waals surface area contributed by atoms with Gasteiger partial charge in [0, 0.05) is 48.2 Å². The molecule has 1 N–H and O–H groups in total. The molecule has 4 aromatic carbocycles. The van der Waals surface area contributed by atoms with Crippen molar-refractivity contribution in [2.24, 2.45) is 14.1 Å². The van der Waals surface area contributed by atoms with Crippen LogP contribution in [-0.4, -0.2) is 47.0 Å². The molecule has 0 bridgehead atoms. The molecule has 0 unspecified atom stereocenters. The summed E-state index contributed by atoms with van der Waals surface area (Å²) in [6.07, 6.45) is 1.43. The summed E-state index contributed by atoms with van der Waals surface area (Å²) in [5.74, 6) is -1.12. The number of hydrogen-bond donors (Lipinski definition) is 1. The molecule has 18 heteroatoms. The zero-order valence-corrected chi connectivity index (χ0v) is 34.9. The van der Waals surface area contributed by atoms with Crippen LogP contribution in [0.5, 0.6) is 11.5 Å². The Balaban J connectivity index is 0.000000213. The van der Waals surface area contributed by atoms with Gasteiger partial charge in [0.15, 0.2) is 17.5 Å². The highest BCUT2D eigenvalue weighted by molar-refractivity contribution is 9.10. The highest BCUT2D eigenvalue weighted by Crippen LogP contribution is 2.32. The van der Waals surface area contributed by atoms with Crippen molar-refractivity contribution in [3.8, 4) is 22.6 Å². The minimum absolute atomic E-state index is 0.00630. The monoisotopic (exact) mass is 900 g/mol. The van der Waals surface area contributed by atoms with Crippen LogP contribution in [0.3, 0.4) is 0 Å². The molecule has 0 radical (unpaired) electrons. The molecule has 3 heterocycles. The van der Waals surface area contributed by atoms with E-state index in [1.165, 1.54) is 75.4 Å². The standard InChI is InChI=1S/C25H25F3N4O3.C17H14BrF3N2O2/c1-13-6-9-19(35-24(27)28)15(10-13)12-32-21-17(22(33)31(32)5)8-7-16(20(21)26)18-11-29-23(25(3,4)34)30-14(18)2;1-9-3-6-13(25-17(20)21)10(7-9)8-23-15-11(16(24)22(23)2)4-5-12(18)14(15)19/h6-11,24,34H,12H2,1-5H3;3-7,17H,8H2,1-2H3. The molecule has 0 aliphatic heterocycles. The van der Waals surface area contributed by atoms with E-state index in [2.05, 4.69) is 35.4 Å². The van der Waals surface area contributed by atoms with Gasteiger partial charge in [0.1, 0.15) is 28.1 Å². The van der Waals surface area contributed by atoms with Crippen LogP contribution in [-0.2, 0) is 32.8 Å². The lowest BCUT2D eigenvalue weighted by atomic mass is 10.0. The maximum absolute atomic E-state index is 16.0. The van der Waals surface area contributed by atoms with Crippen molar-refractivity contribution < 1.29 is 40.9 Å². The number of aromatic nitrogens is 6. The van der Waals surface area contributed by atoms with E-state index in [9.17, 15) is 36.6 Å². The van der Waals surface area contributed by atoms with E-state index in [1.54, 1.807) is 58.9 Å². The summed E-state index contributed by atoms with van der Waals surface area (Å²) >= 11 is 3.11. The summed E-state index contributed by atoms with van der Waals surface area (Å²) < 4.78 is 96.5. The van der Waals surface area contributed by atoms with Crippen molar-refractivity contribution in [3.63, 3.8) is 0 Å². The van der Waals surface area contributed by atoms with Crippen LogP contribution in [0.2, 0.25) is 0 Å². The fraction of sp³-hybridized carbons (Fsp3) is 0.286. The lowest BCUT2D eigenvalue weighted by Crippen LogP contribution is -2.20. The zero-order valence-electron chi connectivity index (χ0n) is 33.3. The number of hydrogen-bond acceptors (Lipinski definition) is 7. The first kappa shape index (κ1) is 43.7. The maximum atomic E-state index is 16.0. The Kier molecular flexibility index (Phi) is 12.4. The average molecular weight is 902 g/mol. The molecule has 3 aromatic heterocycles. The van der Waals surface area contributed by atoms with E-state index in [4.69, 9.17) is 0 Å². The third-order valence-corrected chi connectivity index (χ3v) is 10.4. The smallest absolute Gasteiger partial charge is 0.387 e. The average Bonchev–Trinajstić information content (AvgIpc) is 3.56. The minimum Gasteiger partial charge on any atom is -0.434 e. The van der Waals surface area contributed by atoms with Crippen LogP contribution in [0.1, 0.15) is 47.6 Å². The highest BCUT2D eigenvalue weighted by Gasteiger charge is 2.25. The molecule has 7 rings (SSSR count). The Morgan fingerprint density at radius 2 is 1.18 bits per heavy atom. The zero-order chi connectivity index (χ0) is 44.0. The van der Waals surface area contributed by atoms with Crippen molar-refractivity contribution in [2.75, 3.05) is 0 Å². The predicted molar refractivity (Wildman–Crippen MR) is 217 cm³/mol. The number of halogens is 7. The Morgan fingerprint density at radius 3 is 1.63 bits per heavy atom. The molecule has 0 fully saturated rings. The van der Waals surface area contributed by atoms with Crippen LogP contribution >= 0.6 is 15.9 Å². The fourth-order valence-corrected chi connectivity index (χ4v) is 7.15. The topological polar surface area (TPSA) is 118 Å². The molecule has 316 valence electrons. The number of benzene rings is 4. The molecule has 7 aromatic rings. The molecular weight excluding hydrogens is 862 g/mol. The van der Waals surface area contributed by atoms with Crippen molar-refractivity contribution in [2.45, 2.75) is 66.5 Å². The van der Waals surface area contributed by atoms with Gasteiger partial charge < -0.3 is 14.6 Å². The first-order chi connectivity index (χ1) is 28.2. The van der Waals surface area contributed by atoms with Crippen LogP contribution in [0, 0.1) is 32.4 Å². The van der Waals surface area contributed by atoms with E-state index in [0.717, 1.165) is 11.1 Å². The van der Waals surface area contributed by atoms with E-state index in [-0.39, 0.29) is 67.8 Å². The van der Waals surface area contributed by atoms with Gasteiger partial charge in [-0.05, 0) is 80.9 Å². The van der Waals surface area contributed by atoms with Gasteiger partial charge in [-0.2, -0.15) is 17.6 Å². The van der Waals surface area contributed by atoms with Crippen molar-refractivity contribution >= 4 is 37.7 Å². The van der Waals surface area contributed by atoms with Gasteiger partial charge in [-0.3, -0.25) is 28.3 Å². The van der Waals surface area contributed by atoms with Crippen molar-refractivity contribution in [1.29, 1.82) is 0 Å². The van der Waals surface area contributed by atoms with Gasteiger partial charge in [-0.25, -0.2) is 18.7 Å². The molecule has 0 aliphatic carbocycles. The van der Waals surface area contributed by atoms with E-state index >= 15 is 4.39 Å². The number of alkyl halides is 4. The van der Waals surface area contributed by atoms with E-state index < -0.39 is 36.0 Å². The summed E-state index contributed by atoms with van der Waals surface area (Å²) in [5.41, 5.74) is 1.50. The Morgan fingerprint density at radius 1 is 0.717 bits per heavy atom. The second-order valence-electron chi connectivity index (χ2n) is 14.6. The summed E-state index contributed by atoms with van der Waals surface area (Å²) in [4.78, 5) is 33.7. The summed E-state index contributed by atoms with van der Waals surface area (Å²) in [7, 11) is 2.98. The first-order valence-electron chi connectivity index (χ1n) is 18.2. The van der Waals surface area contributed by atoms with Crippen LogP contribution < -0.4 is 20.6 Å². The largest absolute Gasteiger partial charge is 0.434 e. The third kappa shape index (κ3) is 8.70. The number of fused-ring (bicyclic) bond motifs is 2. The molecule has 0 amide bonds. The number of nitrogens with zero attached hydrogens (tertiary/aromatic N) is 6. The second-order valence-corrected chi connectivity index (χ2v) is 15.4. The number of aliphatic hydroxyl groups is 1. The van der Waals surface area contributed by atoms with Gasteiger partial charge in [0.05, 0.1) is 28.3 Å². The molecule has 60 heavy (non-hydrogen) atoms. The van der Waals surface area contributed by atoms with Gasteiger partial charge in [0.25, 0.3) is 11.1 Å². The first-order valence-corrected chi connectivity index (χ1v) is 19.0. The van der Waals surface area contributed by atoms with Gasteiger partial charge in [-0.1, -0.05) is 41.5 Å². The SMILES string of the molecule is Cc1ccc(OC(F)F)c(Cn2c3c(F)c(-c4cnc(C(C)(C)O)nc4C)ccc3c(=O)n2C)c1.Cc1ccc(OC(F)F)c(Cn2c3c(F)c(Br)ccc3c(=O)n2C)c1. The lowest BCUT2D eigenvalue weighted by molar-refractivity contribution is -0.0511. The highest BCUT2D eigenvalue weighted by atomic mass is 79.9. The summed E-state index contributed by atoms with van der Waals surface area (Å²) in [6, 6.07) is 15.4. The molecular formula is C42H39BrF6N6O5. The Hall–Kier alpha value is -5.88.